The van der Waals surface area contributed by atoms with Crippen LogP contribution in [0.3, 0.4) is 0 Å². The van der Waals surface area contributed by atoms with Crippen LogP contribution in [0.2, 0.25) is 0 Å². The average Bonchev–Trinajstić information content (AvgIpc) is 2.39. The summed E-state index contributed by atoms with van der Waals surface area (Å²) in [5.41, 5.74) is 0.948. The van der Waals surface area contributed by atoms with Crippen molar-refractivity contribution in [2.75, 3.05) is 6.54 Å². The molecule has 0 aliphatic rings. The first-order valence-electron chi connectivity index (χ1n) is 6.95. The Morgan fingerprint density at radius 3 is 2.58 bits per heavy atom. The molecule has 0 radical (unpaired) electrons. The third-order valence-corrected chi connectivity index (χ3v) is 3.05. The molecule has 2 N–H and O–H groups in total. The molecule has 0 aromatic carbocycles. The second kappa shape index (κ2) is 7.89. The molecule has 2 atom stereocenters. The van der Waals surface area contributed by atoms with Gasteiger partial charge in [0.1, 0.15) is 0 Å². The van der Waals surface area contributed by atoms with Crippen LogP contribution in [0, 0.1) is 5.92 Å². The van der Waals surface area contributed by atoms with Crippen molar-refractivity contribution in [1.82, 2.24) is 15.6 Å². The normalized spacial score (nSPS) is 14.2. The van der Waals surface area contributed by atoms with E-state index in [-0.39, 0.29) is 18.0 Å². The zero-order valence-electron chi connectivity index (χ0n) is 12.3. The maximum Gasteiger partial charge on any atom is 0.236 e. The van der Waals surface area contributed by atoms with Gasteiger partial charge in [-0.15, -0.1) is 0 Å². The quantitative estimate of drug-likeness (QED) is 0.793. The van der Waals surface area contributed by atoms with Crippen LogP contribution in [0.15, 0.2) is 24.4 Å². The lowest BCUT2D eigenvalue weighted by molar-refractivity contribution is -0.122. The van der Waals surface area contributed by atoms with E-state index in [9.17, 15) is 4.79 Å². The van der Waals surface area contributed by atoms with Crippen molar-refractivity contribution < 1.29 is 4.79 Å². The maximum atomic E-state index is 11.9. The van der Waals surface area contributed by atoms with Crippen molar-refractivity contribution in [1.29, 1.82) is 0 Å². The van der Waals surface area contributed by atoms with E-state index in [4.69, 9.17) is 0 Å². The van der Waals surface area contributed by atoms with Crippen molar-refractivity contribution in [2.45, 2.75) is 46.2 Å². The van der Waals surface area contributed by atoms with Crippen LogP contribution >= 0.6 is 0 Å². The van der Waals surface area contributed by atoms with Gasteiger partial charge in [0.05, 0.1) is 11.7 Å². The van der Waals surface area contributed by atoms with Crippen LogP contribution in [-0.2, 0) is 4.79 Å². The highest BCUT2D eigenvalue weighted by Gasteiger charge is 2.16. The molecule has 4 nitrogen and oxygen atoms in total. The SMILES string of the molecule is CC(C)CCNC(=O)C(C)N[C@@H](C)c1ccccn1. The Labute approximate surface area is 116 Å². The summed E-state index contributed by atoms with van der Waals surface area (Å²) in [7, 11) is 0. The Balaban J connectivity index is 2.37. The van der Waals surface area contributed by atoms with E-state index in [0.717, 1.165) is 18.7 Å². The molecule has 0 aliphatic carbocycles. The predicted octanol–water partition coefficient (Wildman–Crippen LogP) is 2.28. The van der Waals surface area contributed by atoms with Crippen molar-refractivity contribution >= 4 is 5.91 Å². The molecule has 0 saturated carbocycles. The van der Waals surface area contributed by atoms with Gasteiger partial charge >= 0.3 is 0 Å². The van der Waals surface area contributed by atoms with Crippen LogP contribution in [0.25, 0.3) is 0 Å². The highest BCUT2D eigenvalue weighted by molar-refractivity contribution is 5.81. The molecule has 1 aromatic heterocycles. The van der Waals surface area contributed by atoms with Gasteiger partial charge in [-0.25, -0.2) is 0 Å². The molecule has 1 unspecified atom stereocenters. The molecule has 19 heavy (non-hydrogen) atoms. The first kappa shape index (κ1) is 15.6. The van der Waals surface area contributed by atoms with Gasteiger partial charge < -0.3 is 5.32 Å². The fourth-order valence-electron chi connectivity index (χ4n) is 1.81. The lowest BCUT2D eigenvalue weighted by Gasteiger charge is -2.19. The zero-order chi connectivity index (χ0) is 14.3. The van der Waals surface area contributed by atoms with Gasteiger partial charge in [0.15, 0.2) is 0 Å². The minimum absolute atomic E-state index is 0.0448. The van der Waals surface area contributed by atoms with Crippen LogP contribution in [-0.4, -0.2) is 23.5 Å². The number of carbonyl (C=O) groups is 1. The third-order valence-electron chi connectivity index (χ3n) is 3.05. The number of hydrogen-bond acceptors (Lipinski definition) is 3. The number of carbonyl (C=O) groups excluding carboxylic acids is 1. The van der Waals surface area contributed by atoms with Crippen LogP contribution in [0.5, 0.6) is 0 Å². The van der Waals surface area contributed by atoms with Gasteiger partial charge in [0.2, 0.25) is 5.91 Å². The number of nitrogens with one attached hydrogen (secondary N) is 2. The molecule has 1 rings (SSSR count). The molecule has 0 saturated heterocycles. The van der Waals surface area contributed by atoms with Crippen molar-refractivity contribution in [3.8, 4) is 0 Å². The summed E-state index contributed by atoms with van der Waals surface area (Å²) >= 11 is 0. The summed E-state index contributed by atoms with van der Waals surface area (Å²) in [5, 5.41) is 6.21. The van der Waals surface area contributed by atoms with Crippen molar-refractivity contribution in [3.63, 3.8) is 0 Å². The number of nitrogens with zero attached hydrogens (tertiary/aromatic N) is 1. The largest absolute Gasteiger partial charge is 0.355 e. The molecule has 1 aromatic rings. The van der Waals surface area contributed by atoms with E-state index >= 15 is 0 Å². The highest BCUT2D eigenvalue weighted by atomic mass is 16.2. The standard InChI is InChI=1S/C15H25N3O/c1-11(2)8-10-17-15(19)13(4)18-12(3)14-7-5-6-9-16-14/h5-7,9,11-13,18H,8,10H2,1-4H3,(H,17,19)/t12-,13?/m0/s1. The summed E-state index contributed by atoms with van der Waals surface area (Å²) in [6.45, 7) is 8.93. The maximum absolute atomic E-state index is 11.9. The molecule has 106 valence electrons. The van der Waals surface area contributed by atoms with Gasteiger partial charge in [-0.05, 0) is 38.3 Å². The summed E-state index contributed by atoms with van der Waals surface area (Å²) in [6.07, 6.45) is 2.77. The fourth-order valence-corrected chi connectivity index (χ4v) is 1.81. The Morgan fingerprint density at radius 2 is 2.00 bits per heavy atom. The summed E-state index contributed by atoms with van der Waals surface area (Å²) in [6, 6.07) is 5.64. The molecule has 1 amide bonds. The summed E-state index contributed by atoms with van der Waals surface area (Å²) in [5.74, 6) is 0.652. The molecular weight excluding hydrogens is 238 g/mol. The monoisotopic (exact) mass is 263 g/mol. The number of pyridine rings is 1. The summed E-state index contributed by atoms with van der Waals surface area (Å²) in [4.78, 5) is 16.2. The van der Waals surface area contributed by atoms with E-state index in [1.54, 1.807) is 6.20 Å². The fraction of sp³-hybridized carbons (Fsp3) is 0.600. The van der Waals surface area contributed by atoms with Crippen molar-refractivity contribution in [3.05, 3.63) is 30.1 Å². The second-order valence-corrected chi connectivity index (χ2v) is 5.34. The summed E-state index contributed by atoms with van der Waals surface area (Å²) < 4.78 is 0. The van der Waals surface area contributed by atoms with Crippen molar-refractivity contribution in [2.24, 2.45) is 5.92 Å². The second-order valence-electron chi connectivity index (χ2n) is 5.34. The van der Waals surface area contributed by atoms with E-state index in [2.05, 4.69) is 29.5 Å². The molecule has 0 bridgehead atoms. The highest BCUT2D eigenvalue weighted by Crippen LogP contribution is 2.08. The Hall–Kier alpha value is -1.42. The predicted molar refractivity (Wildman–Crippen MR) is 77.7 cm³/mol. The molecular formula is C15H25N3O. The molecule has 4 heteroatoms. The van der Waals surface area contributed by atoms with E-state index in [1.165, 1.54) is 0 Å². The lowest BCUT2D eigenvalue weighted by Crippen LogP contribution is -2.43. The molecule has 0 fully saturated rings. The number of hydrogen-bond donors (Lipinski definition) is 2. The third kappa shape index (κ3) is 5.83. The lowest BCUT2D eigenvalue weighted by atomic mass is 10.1. The van der Waals surface area contributed by atoms with Gasteiger partial charge in [0, 0.05) is 18.8 Å². The molecule has 1 heterocycles. The van der Waals surface area contributed by atoms with E-state index in [0.29, 0.717) is 5.92 Å². The Kier molecular flexibility index (Phi) is 6.50. The Bertz CT molecular complexity index is 378. The van der Waals surface area contributed by atoms with Gasteiger partial charge in [-0.2, -0.15) is 0 Å². The number of amides is 1. The minimum Gasteiger partial charge on any atom is -0.355 e. The Morgan fingerprint density at radius 1 is 1.26 bits per heavy atom. The number of aromatic nitrogens is 1. The first-order valence-corrected chi connectivity index (χ1v) is 6.95. The molecule has 0 spiro atoms. The van der Waals surface area contributed by atoms with Gasteiger partial charge in [0.25, 0.3) is 0 Å². The van der Waals surface area contributed by atoms with Crippen LogP contribution < -0.4 is 10.6 Å². The number of rotatable bonds is 7. The van der Waals surface area contributed by atoms with E-state index in [1.807, 2.05) is 32.0 Å². The van der Waals surface area contributed by atoms with Gasteiger partial charge in [-0.1, -0.05) is 19.9 Å². The smallest absolute Gasteiger partial charge is 0.236 e. The molecule has 0 aliphatic heterocycles. The van der Waals surface area contributed by atoms with Gasteiger partial charge in [-0.3, -0.25) is 15.1 Å². The van der Waals surface area contributed by atoms with E-state index < -0.39 is 0 Å². The minimum atomic E-state index is -0.218. The van der Waals surface area contributed by atoms with Crippen LogP contribution in [0.1, 0.15) is 45.9 Å². The first-order chi connectivity index (χ1) is 9.00. The van der Waals surface area contributed by atoms with Crippen LogP contribution in [0.4, 0.5) is 0 Å². The zero-order valence-corrected chi connectivity index (χ0v) is 12.3. The topological polar surface area (TPSA) is 54.0 Å². The average molecular weight is 263 g/mol.